The molecule has 1 fully saturated rings. The maximum Gasteiger partial charge on any atom is 0.123 e. The van der Waals surface area contributed by atoms with Crippen LogP contribution in [0.15, 0.2) is 42.2 Å². The zero-order chi connectivity index (χ0) is 19.3. The van der Waals surface area contributed by atoms with Crippen LogP contribution in [0, 0.1) is 18.7 Å². The first-order chi connectivity index (χ1) is 13.7. The van der Waals surface area contributed by atoms with Gasteiger partial charge in [-0.1, -0.05) is 12.1 Å². The second-order valence-electron chi connectivity index (χ2n) is 7.56. The average Bonchev–Trinajstić information content (AvgIpc) is 3.42. The number of benzene rings is 1. The number of aromatic nitrogens is 3. The summed E-state index contributed by atoms with van der Waals surface area (Å²) in [6.07, 6.45) is 5.29. The molecular weight excluding hydrogens is 373 g/mol. The monoisotopic (exact) mass is 399 g/mol. The summed E-state index contributed by atoms with van der Waals surface area (Å²) in [6, 6.07) is 6.61. The topological polar surface area (TPSA) is 46.0 Å². The minimum Gasteiger partial charge on any atom is -0.316 e. The predicted molar refractivity (Wildman–Crippen MR) is 110 cm³/mol. The van der Waals surface area contributed by atoms with E-state index in [0.717, 1.165) is 44.0 Å². The molecule has 1 aromatic carbocycles. The molecule has 7 heteroatoms. The molecule has 1 unspecified atom stereocenters. The van der Waals surface area contributed by atoms with E-state index >= 15 is 0 Å². The normalized spacial score (nSPS) is 16.9. The Morgan fingerprint density at radius 3 is 2.82 bits per heavy atom. The molecular formula is C21H26FN5S. The Morgan fingerprint density at radius 1 is 1.25 bits per heavy atom. The van der Waals surface area contributed by atoms with Gasteiger partial charge in [0.2, 0.25) is 0 Å². The zero-order valence-corrected chi connectivity index (χ0v) is 17.0. The van der Waals surface area contributed by atoms with E-state index in [1.807, 2.05) is 28.5 Å². The third kappa shape index (κ3) is 5.04. The van der Waals surface area contributed by atoms with Crippen molar-refractivity contribution in [1.29, 1.82) is 0 Å². The number of rotatable bonds is 8. The minimum absolute atomic E-state index is 0.208. The third-order valence-electron chi connectivity index (χ3n) is 5.24. The quantitative estimate of drug-likeness (QED) is 0.630. The number of nitrogens with zero attached hydrogens (tertiary/aromatic N) is 4. The molecule has 2 aromatic heterocycles. The van der Waals surface area contributed by atoms with Crippen LogP contribution in [-0.4, -0.2) is 39.3 Å². The fraction of sp³-hybridized carbons (Fsp3) is 0.429. The Hall–Kier alpha value is -2.09. The number of thiazole rings is 1. The van der Waals surface area contributed by atoms with Crippen LogP contribution in [0.5, 0.6) is 0 Å². The molecule has 3 aromatic rings. The van der Waals surface area contributed by atoms with E-state index < -0.39 is 0 Å². The summed E-state index contributed by atoms with van der Waals surface area (Å²) in [5.41, 5.74) is 5.31. The average molecular weight is 400 g/mol. The van der Waals surface area contributed by atoms with Gasteiger partial charge < -0.3 is 5.32 Å². The van der Waals surface area contributed by atoms with Crippen molar-refractivity contribution < 1.29 is 4.39 Å². The Morgan fingerprint density at radius 2 is 2.11 bits per heavy atom. The first-order valence-electron chi connectivity index (χ1n) is 9.73. The van der Waals surface area contributed by atoms with Crippen molar-refractivity contribution in [3.63, 3.8) is 0 Å². The summed E-state index contributed by atoms with van der Waals surface area (Å²) >= 11 is 1.73. The van der Waals surface area contributed by atoms with Crippen molar-refractivity contribution in [2.45, 2.75) is 33.0 Å². The third-order valence-corrected chi connectivity index (χ3v) is 6.16. The lowest BCUT2D eigenvalue weighted by Gasteiger charge is -2.24. The van der Waals surface area contributed by atoms with Gasteiger partial charge in [-0.2, -0.15) is 5.10 Å². The van der Waals surface area contributed by atoms with E-state index in [-0.39, 0.29) is 5.82 Å². The van der Waals surface area contributed by atoms with Crippen molar-refractivity contribution in [3.8, 4) is 0 Å². The molecule has 0 amide bonds. The van der Waals surface area contributed by atoms with Gasteiger partial charge in [-0.3, -0.25) is 9.58 Å². The van der Waals surface area contributed by atoms with E-state index in [1.54, 1.807) is 11.3 Å². The fourth-order valence-electron chi connectivity index (χ4n) is 3.71. The molecule has 1 aliphatic heterocycles. The fourth-order valence-corrected chi connectivity index (χ4v) is 4.53. The van der Waals surface area contributed by atoms with Gasteiger partial charge in [0.15, 0.2) is 0 Å². The summed E-state index contributed by atoms with van der Waals surface area (Å²) in [5, 5.41) is 7.98. The van der Waals surface area contributed by atoms with Gasteiger partial charge in [0, 0.05) is 36.3 Å². The molecule has 1 N–H and O–H groups in total. The molecule has 0 radical (unpaired) electrons. The van der Waals surface area contributed by atoms with Crippen LogP contribution in [0.4, 0.5) is 4.39 Å². The van der Waals surface area contributed by atoms with Gasteiger partial charge in [-0.05, 0) is 50.0 Å². The van der Waals surface area contributed by atoms with Gasteiger partial charge in [0.1, 0.15) is 5.82 Å². The van der Waals surface area contributed by atoms with Gasteiger partial charge in [0.05, 0.1) is 23.9 Å². The molecule has 3 heterocycles. The van der Waals surface area contributed by atoms with E-state index in [4.69, 9.17) is 0 Å². The standard InChI is InChI=1S/C21H26FN5S/c1-16-21(28-15-24-16)14-26(10-18-6-7-23-8-18)11-19-9-25-27(13-19)12-17-2-4-20(22)5-3-17/h2-5,9,13,15,18,23H,6-8,10-12,14H2,1H3. The highest BCUT2D eigenvalue weighted by Gasteiger charge is 2.20. The largest absolute Gasteiger partial charge is 0.316 e. The molecule has 5 nitrogen and oxygen atoms in total. The van der Waals surface area contributed by atoms with E-state index in [1.165, 1.54) is 29.0 Å². The van der Waals surface area contributed by atoms with Crippen LogP contribution < -0.4 is 5.32 Å². The van der Waals surface area contributed by atoms with Crippen LogP contribution in [0.2, 0.25) is 0 Å². The summed E-state index contributed by atoms with van der Waals surface area (Å²) in [6.45, 7) is 7.83. The van der Waals surface area contributed by atoms with Crippen LogP contribution in [0.3, 0.4) is 0 Å². The Balaban J connectivity index is 1.42. The van der Waals surface area contributed by atoms with Crippen molar-refractivity contribution in [1.82, 2.24) is 25.0 Å². The second-order valence-corrected chi connectivity index (χ2v) is 8.50. The summed E-state index contributed by atoms with van der Waals surface area (Å²) in [5.74, 6) is 0.489. The molecule has 1 aliphatic rings. The lowest BCUT2D eigenvalue weighted by molar-refractivity contribution is 0.222. The highest BCUT2D eigenvalue weighted by molar-refractivity contribution is 7.09. The van der Waals surface area contributed by atoms with Gasteiger partial charge >= 0.3 is 0 Å². The van der Waals surface area contributed by atoms with Gasteiger partial charge in [-0.15, -0.1) is 11.3 Å². The van der Waals surface area contributed by atoms with Crippen LogP contribution in [0.25, 0.3) is 0 Å². The minimum atomic E-state index is -0.208. The lowest BCUT2D eigenvalue weighted by Crippen LogP contribution is -2.29. The molecule has 148 valence electrons. The number of hydrogen-bond acceptors (Lipinski definition) is 5. The number of halogens is 1. The van der Waals surface area contributed by atoms with Crippen LogP contribution in [0.1, 0.15) is 28.1 Å². The molecule has 4 rings (SSSR count). The zero-order valence-electron chi connectivity index (χ0n) is 16.1. The van der Waals surface area contributed by atoms with E-state index in [2.05, 4.69) is 33.4 Å². The molecule has 0 aliphatic carbocycles. The molecule has 28 heavy (non-hydrogen) atoms. The summed E-state index contributed by atoms with van der Waals surface area (Å²) in [4.78, 5) is 8.25. The van der Waals surface area contributed by atoms with E-state index in [9.17, 15) is 4.39 Å². The molecule has 1 atom stereocenters. The predicted octanol–water partition coefficient (Wildman–Crippen LogP) is 3.45. The first-order valence-corrected chi connectivity index (χ1v) is 10.6. The highest BCUT2D eigenvalue weighted by Crippen LogP contribution is 2.20. The Bertz CT molecular complexity index is 882. The van der Waals surface area contributed by atoms with Gasteiger partial charge in [-0.25, -0.2) is 9.37 Å². The van der Waals surface area contributed by atoms with Crippen LogP contribution >= 0.6 is 11.3 Å². The van der Waals surface area contributed by atoms with Crippen LogP contribution in [-0.2, 0) is 19.6 Å². The maximum atomic E-state index is 13.1. The Labute approximate surface area is 169 Å². The maximum absolute atomic E-state index is 13.1. The van der Waals surface area contributed by atoms with Crippen molar-refractivity contribution in [3.05, 3.63) is 69.7 Å². The summed E-state index contributed by atoms with van der Waals surface area (Å²) in [7, 11) is 0. The number of hydrogen-bond donors (Lipinski definition) is 1. The number of nitrogens with one attached hydrogen (secondary N) is 1. The van der Waals surface area contributed by atoms with Gasteiger partial charge in [0.25, 0.3) is 0 Å². The second kappa shape index (κ2) is 8.94. The van der Waals surface area contributed by atoms with Crippen molar-refractivity contribution >= 4 is 11.3 Å². The smallest absolute Gasteiger partial charge is 0.123 e. The first kappa shape index (κ1) is 19.2. The lowest BCUT2D eigenvalue weighted by atomic mass is 10.1. The Kier molecular flexibility index (Phi) is 6.14. The molecule has 1 saturated heterocycles. The highest BCUT2D eigenvalue weighted by atomic mass is 32.1. The van der Waals surface area contributed by atoms with Crippen molar-refractivity contribution in [2.75, 3.05) is 19.6 Å². The molecule has 0 spiro atoms. The number of aryl methyl sites for hydroxylation is 1. The SMILES string of the molecule is Cc1ncsc1CN(Cc1cnn(Cc2ccc(F)cc2)c1)CC1CCNC1. The summed E-state index contributed by atoms with van der Waals surface area (Å²) < 4.78 is 15.0. The molecule has 0 saturated carbocycles. The van der Waals surface area contributed by atoms with Crippen molar-refractivity contribution in [2.24, 2.45) is 5.92 Å². The van der Waals surface area contributed by atoms with E-state index in [0.29, 0.717) is 12.5 Å². The molecule has 0 bridgehead atoms.